The molecular formula is C30H33N4O7P. The minimum absolute atomic E-state index is 0.0996. The van der Waals surface area contributed by atoms with Crippen LogP contribution in [-0.2, 0) is 21.4 Å². The van der Waals surface area contributed by atoms with Gasteiger partial charge in [-0.05, 0) is 24.1 Å². The molecule has 1 aromatic heterocycles. The van der Waals surface area contributed by atoms with Gasteiger partial charge in [-0.15, -0.1) is 0 Å². The average molecular weight is 593 g/mol. The second kappa shape index (κ2) is 13.1. The van der Waals surface area contributed by atoms with E-state index in [2.05, 4.69) is 10.3 Å². The predicted octanol–water partition coefficient (Wildman–Crippen LogP) is 2.40. The standard InChI is InChI=1S/C30H33N4O7P/c1-22-19-34(29(37)32-28(22)36)20-27(35)33(21-42(38,39)40)18-17-31-30(23-11-5-3-6-12-23,24-13-7-4-8-14-24)25-15-9-10-16-26(25)41-2/h3-16,19,31H,17-18,20-21H2,1-2H3,(H,32,36,37)(H2,38,39,40). The number of nitrogens with one attached hydrogen (secondary N) is 2. The lowest BCUT2D eigenvalue weighted by Gasteiger charge is -2.38. The number of hydrogen-bond donors (Lipinski definition) is 4. The van der Waals surface area contributed by atoms with Crippen LogP contribution in [0.4, 0.5) is 0 Å². The van der Waals surface area contributed by atoms with Gasteiger partial charge in [0.15, 0.2) is 0 Å². The first kappa shape index (κ1) is 30.7. The van der Waals surface area contributed by atoms with Crippen molar-refractivity contribution in [1.82, 2.24) is 19.8 Å². The van der Waals surface area contributed by atoms with E-state index in [0.29, 0.717) is 5.75 Å². The minimum atomic E-state index is -4.67. The molecule has 0 saturated heterocycles. The molecule has 0 aliphatic heterocycles. The number of methoxy groups -OCH3 is 1. The summed E-state index contributed by atoms with van der Waals surface area (Å²) >= 11 is 0. The normalized spacial score (nSPS) is 11.7. The Morgan fingerprint density at radius 1 is 0.976 bits per heavy atom. The van der Waals surface area contributed by atoms with Gasteiger partial charge in [0.2, 0.25) is 5.91 Å². The quantitative estimate of drug-likeness (QED) is 0.145. The summed E-state index contributed by atoms with van der Waals surface area (Å²) in [5, 5.41) is 3.58. The van der Waals surface area contributed by atoms with Crippen molar-refractivity contribution in [2.24, 2.45) is 0 Å². The van der Waals surface area contributed by atoms with Crippen molar-refractivity contribution in [3.05, 3.63) is 134 Å². The third kappa shape index (κ3) is 6.95. The summed E-state index contributed by atoms with van der Waals surface area (Å²) in [7, 11) is -3.08. The maximum absolute atomic E-state index is 13.3. The topological polar surface area (TPSA) is 154 Å². The van der Waals surface area contributed by atoms with Crippen molar-refractivity contribution in [2.75, 3.05) is 26.5 Å². The number of amides is 1. The Hall–Kier alpha value is -4.28. The van der Waals surface area contributed by atoms with Crippen LogP contribution in [0.1, 0.15) is 22.3 Å². The number of para-hydroxylation sites is 1. The molecule has 12 heteroatoms. The Morgan fingerprint density at radius 3 is 2.12 bits per heavy atom. The molecule has 0 radical (unpaired) electrons. The molecular weight excluding hydrogens is 559 g/mol. The highest BCUT2D eigenvalue weighted by Gasteiger charge is 2.38. The summed E-state index contributed by atoms with van der Waals surface area (Å²) < 4.78 is 18.8. The molecule has 0 aliphatic carbocycles. The first-order valence-corrected chi connectivity index (χ1v) is 15.0. The van der Waals surface area contributed by atoms with E-state index < -0.39 is 43.1 Å². The van der Waals surface area contributed by atoms with E-state index >= 15 is 0 Å². The predicted molar refractivity (Wildman–Crippen MR) is 158 cm³/mol. The summed E-state index contributed by atoms with van der Waals surface area (Å²) in [5.41, 5.74) is 0.434. The molecule has 0 bridgehead atoms. The van der Waals surface area contributed by atoms with Crippen LogP contribution in [0.5, 0.6) is 5.75 Å². The van der Waals surface area contributed by atoms with Crippen molar-refractivity contribution in [2.45, 2.75) is 19.0 Å². The SMILES string of the molecule is COc1ccccc1C(NCCN(CP(=O)(O)O)C(=O)Cn1cc(C)c(=O)[nH]c1=O)(c1ccccc1)c1ccccc1. The zero-order valence-corrected chi connectivity index (χ0v) is 24.2. The Bertz CT molecular complexity index is 1640. The summed E-state index contributed by atoms with van der Waals surface area (Å²) in [6.45, 7) is 0.984. The van der Waals surface area contributed by atoms with Gasteiger partial charge in [-0.1, -0.05) is 78.9 Å². The lowest BCUT2D eigenvalue weighted by Crippen LogP contribution is -2.49. The number of hydrogen-bond acceptors (Lipinski definition) is 6. The van der Waals surface area contributed by atoms with Crippen LogP contribution >= 0.6 is 7.60 Å². The van der Waals surface area contributed by atoms with Crippen molar-refractivity contribution < 1.29 is 23.9 Å². The molecule has 0 spiro atoms. The van der Waals surface area contributed by atoms with Gasteiger partial charge in [0.05, 0.1) is 12.6 Å². The van der Waals surface area contributed by atoms with Crippen LogP contribution in [0.2, 0.25) is 0 Å². The summed E-state index contributed by atoms with van der Waals surface area (Å²) in [4.78, 5) is 60.0. The molecule has 0 unspecified atom stereocenters. The number of aromatic nitrogens is 2. The second-order valence-corrected chi connectivity index (χ2v) is 11.4. The van der Waals surface area contributed by atoms with Crippen LogP contribution in [0.25, 0.3) is 0 Å². The monoisotopic (exact) mass is 592 g/mol. The zero-order chi connectivity index (χ0) is 30.3. The van der Waals surface area contributed by atoms with Gasteiger partial charge in [-0.25, -0.2) is 4.79 Å². The molecule has 4 aromatic rings. The molecule has 11 nitrogen and oxygen atoms in total. The Kier molecular flexibility index (Phi) is 9.59. The van der Waals surface area contributed by atoms with E-state index in [1.807, 2.05) is 84.9 Å². The van der Waals surface area contributed by atoms with Crippen LogP contribution in [0, 0.1) is 6.92 Å². The number of nitrogens with zero attached hydrogens (tertiary/aromatic N) is 2. The number of rotatable bonds is 12. The Morgan fingerprint density at radius 2 is 1.55 bits per heavy atom. The first-order chi connectivity index (χ1) is 20.0. The molecule has 0 atom stereocenters. The molecule has 42 heavy (non-hydrogen) atoms. The highest BCUT2D eigenvalue weighted by Crippen LogP contribution is 2.41. The molecule has 3 aromatic carbocycles. The fraction of sp³-hybridized carbons (Fsp3) is 0.233. The average Bonchev–Trinajstić information content (AvgIpc) is 2.98. The molecule has 1 amide bonds. The third-order valence-corrected chi connectivity index (χ3v) is 7.61. The Labute approximate surface area is 242 Å². The maximum atomic E-state index is 13.3. The van der Waals surface area contributed by atoms with Crippen molar-refractivity contribution in [1.29, 1.82) is 0 Å². The zero-order valence-electron chi connectivity index (χ0n) is 23.3. The van der Waals surface area contributed by atoms with Crippen LogP contribution in [0.3, 0.4) is 0 Å². The summed E-state index contributed by atoms with van der Waals surface area (Å²) in [6.07, 6.45) is 0.396. The van der Waals surface area contributed by atoms with Crippen LogP contribution in [-0.4, -0.2) is 56.6 Å². The molecule has 0 fully saturated rings. The number of H-pyrrole nitrogens is 1. The molecule has 4 rings (SSSR count). The lowest BCUT2D eigenvalue weighted by molar-refractivity contribution is -0.131. The molecule has 1 heterocycles. The summed E-state index contributed by atoms with van der Waals surface area (Å²) in [5.74, 6) is -0.0790. The van der Waals surface area contributed by atoms with Gasteiger partial charge >= 0.3 is 13.3 Å². The van der Waals surface area contributed by atoms with Crippen molar-refractivity contribution in [3.8, 4) is 5.75 Å². The first-order valence-electron chi connectivity index (χ1n) is 13.2. The van der Waals surface area contributed by atoms with Gasteiger partial charge < -0.3 is 19.4 Å². The van der Waals surface area contributed by atoms with Crippen LogP contribution < -0.4 is 21.3 Å². The van der Waals surface area contributed by atoms with E-state index in [1.54, 1.807) is 7.11 Å². The maximum Gasteiger partial charge on any atom is 0.344 e. The van der Waals surface area contributed by atoms with Crippen molar-refractivity contribution >= 4 is 13.5 Å². The van der Waals surface area contributed by atoms with Gasteiger partial charge in [0.1, 0.15) is 18.6 Å². The highest BCUT2D eigenvalue weighted by molar-refractivity contribution is 7.51. The number of aryl methyl sites for hydroxylation is 1. The molecule has 0 aliphatic rings. The number of ether oxygens (including phenoxy) is 1. The second-order valence-electron chi connectivity index (χ2n) is 9.77. The summed E-state index contributed by atoms with van der Waals surface area (Å²) in [6, 6.07) is 26.9. The van der Waals surface area contributed by atoms with E-state index in [9.17, 15) is 28.7 Å². The highest BCUT2D eigenvalue weighted by atomic mass is 31.2. The number of carbonyl (C=O) groups is 1. The lowest BCUT2D eigenvalue weighted by atomic mass is 9.76. The van der Waals surface area contributed by atoms with Gasteiger partial charge in [0.25, 0.3) is 5.56 Å². The minimum Gasteiger partial charge on any atom is -0.496 e. The van der Waals surface area contributed by atoms with Gasteiger partial charge in [0, 0.05) is 30.4 Å². The van der Waals surface area contributed by atoms with E-state index in [4.69, 9.17) is 4.74 Å². The van der Waals surface area contributed by atoms with E-state index in [-0.39, 0.29) is 18.7 Å². The molecule has 0 saturated carbocycles. The number of aromatic amines is 1. The van der Waals surface area contributed by atoms with Crippen molar-refractivity contribution in [3.63, 3.8) is 0 Å². The number of benzene rings is 3. The van der Waals surface area contributed by atoms with Gasteiger partial charge in [-0.2, -0.15) is 0 Å². The largest absolute Gasteiger partial charge is 0.496 e. The fourth-order valence-corrected chi connectivity index (χ4v) is 5.71. The number of carbonyl (C=O) groups excluding carboxylic acids is 1. The van der Waals surface area contributed by atoms with E-state index in [0.717, 1.165) is 26.2 Å². The third-order valence-electron chi connectivity index (χ3n) is 6.90. The van der Waals surface area contributed by atoms with E-state index in [1.165, 1.54) is 13.1 Å². The fourth-order valence-electron chi connectivity index (χ4n) is 4.96. The Balaban J connectivity index is 1.72. The van der Waals surface area contributed by atoms with Gasteiger partial charge in [-0.3, -0.25) is 29.0 Å². The molecule has 220 valence electrons. The smallest absolute Gasteiger partial charge is 0.344 e. The van der Waals surface area contributed by atoms with Crippen LogP contribution in [0.15, 0.2) is 101 Å². The molecule has 4 N–H and O–H groups in total.